The molecular weight excluding hydrogens is 702 g/mol. The van der Waals surface area contributed by atoms with Crippen LogP contribution in [0.1, 0.15) is 48.6 Å². The molecule has 2 aliphatic heterocycles. The number of nitrogens with two attached hydrogens (primary N) is 1. The van der Waals surface area contributed by atoms with Crippen molar-refractivity contribution < 1.29 is 33.1 Å². The third-order valence-corrected chi connectivity index (χ3v) is 10.4. The monoisotopic (exact) mass is 737 g/mol. The maximum atomic E-state index is 14.3. The van der Waals surface area contributed by atoms with E-state index in [9.17, 15) is 19.2 Å². The van der Waals surface area contributed by atoms with E-state index >= 15 is 0 Å². The van der Waals surface area contributed by atoms with Gasteiger partial charge in [-0.2, -0.15) is 0 Å². The fourth-order valence-corrected chi connectivity index (χ4v) is 7.54. The number of hydrogen-bond donors (Lipinski definition) is 4. The van der Waals surface area contributed by atoms with Gasteiger partial charge in [0.2, 0.25) is 0 Å². The number of H-pyrrole nitrogens is 2. The van der Waals surface area contributed by atoms with E-state index in [0.29, 0.717) is 87.6 Å². The van der Waals surface area contributed by atoms with Crippen molar-refractivity contribution in [2.75, 3.05) is 68.7 Å². The van der Waals surface area contributed by atoms with Crippen molar-refractivity contribution in [2.24, 2.45) is 0 Å². The number of alkyl halides is 1. The predicted molar refractivity (Wildman–Crippen MR) is 201 cm³/mol. The molecule has 0 saturated carbocycles. The van der Waals surface area contributed by atoms with Crippen LogP contribution in [0.3, 0.4) is 0 Å². The van der Waals surface area contributed by atoms with Crippen molar-refractivity contribution in [1.82, 2.24) is 19.8 Å². The number of ether oxygens (including phenoxy) is 2. The van der Waals surface area contributed by atoms with Gasteiger partial charge < -0.3 is 49.6 Å². The number of aromatic nitrogens is 2. The van der Waals surface area contributed by atoms with Crippen LogP contribution in [0.2, 0.25) is 0 Å². The number of carbonyl (C=O) groups excluding carboxylic acids is 4. The van der Waals surface area contributed by atoms with Crippen molar-refractivity contribution in [3.8, 4) is 5.75 Å². The van der Waals surface area contributed by atoms with Gasteiger partial charge in [-0.15, -0.1) is 11.6 Å². The average Bonchev–Trinajstić information content (AvgIpc) is 3.94. The molecule has 2 aliphatic rings. The van der Waals surface area contributed by atoms with E-state index in [0.717, 1.165) is 5.39 Å². The number of halogens is 1. The molecule has 8 rings (SSSR count). The number of esters is 1. The maximum absolute atomic E-state index is 14.3. The minimum atomic E-state index is -0.578. The molecule has 14 nitrogen and oxygen atoms in total. The molecule has 3 aromatic heterocycles. The Bertz CT molecular complexity index is 2480. The normalized spacial score (nSPS) is 16.0. The molecular formula is C38H36ClN7O7. The second-order valence-corrected chi connectivity index (χ2v) is 13.7. The summed E-state index contributed by atoms with van der Waals surface area (Å²) in [7, 11) is 3.29. The number of fused-ring (bicyclic) bond motifs is 5. The van der Waals surface area contributed by atoms with Gasteiger partial charge in [0, 0.05) is 78.1 Å². The minimum Gasteiger partial charge on any atom is -0.465 e. The SMILES string of the molecule is COC(=O)c1c(C)[nH]c2c(OC(=O)N3CCN(C)CC3)cc3c(c12)[C@H](CCl)CN3C(=O)c1cc2cc(NC(=O)c3cc4cccc(N)c4[nH]3)ccc2o1. The number of amides is 3. The zero-order valence-corrected chi connectivity index (χ0v) is 29.9. The van der Waals surface area contributed by atoms with E-state index in [-0.39, 0.29) is 41.3 Å². The first-order valence-corrected chi connectivity index (χ1v) is 17.6. The van der Waals surface area contributed by atoms with Gasteiger partial charge >= 0.3 is 12.1 Å². The Morgan fingerprint density at radius 3 is 2.53 bits per heavy atom. The summed E-state index contributed by atoms with van der Waals surface area (Å²) in [5.74, 6) is -1.41. The van der Waals surface area contributed by atoms with Crippen LogP contribution in [-0.4, -0.2) is 96.4 Å². The van der Waals surface area contributed by atoms with Gasteiger partial charge in [0.15, 0.2) is 11.5 Å². The Hall–Kier alpha value is -5.99. The van der Waals surface area contributed by atoms with Crippen LogP contribution in [0.15, 0.2) is 59.0 Å². The topological polar surface area (TPSA) is 179 Å². The van der Waals surface area contributed by atoms with Gasteiger partial charge in [-0.3, -0.25) is 9.59 Å². The molecule has 53 heavy (non-hydrogen) atoms. The highest BCUT2D eigenvalue weighted by molar-refractivity contribution is 6.20. The zero-order valence-electron chi connectivity index (χ0n) is 29.2. The van der Waals surface area contributed by atoms with Crippen LogP contribution in [-0.2, 0) is 4.74 Å². The molecule has 0 spiro atoms. The van der Waals surface area contributed by atoms with Crippen molar-refractivity contribution in [3.63, 3.8) is 0 Å². The Kier molecular flexibility index (Phi) is 8.50. The number of nitrogens with zero attached hydrogens (tertiary/aromatic N) is 3. The van der Waals surface area contributed by atoms with Gasteiger partial charge in [-0.05, 0) is 55.9 Å². The van der Waals surface area contributed by atoms with E-state index in [1.54, 1.807) is 54.3 Å². The smallest absolute Gasteiger partial charge is 0.415 e. The van der Waals surface area contributed by atoms with Crippen LogP contribution >= 0.6 is 11.6 Å². The second kappa shape index (κ2) is 13.2. The molecule has 5 heterocycles. The zero-order chi connectivity index (χ0) is 37.1. The third kappa shape index (κ3) is 5.89. The summed E-state index contributed by atoms with van der Waals surface area (Å²) >= 11 is 6.53. The Morgan fingerprint density at radius 1 is 1.00 bits per heavy atom. The first-order valence-electron chi connectivity index (χ1n) is 17.1. The molecule has 272 valence electrons. The van der Waals surface area contributed by atoms with Gasteiger partial charge in [0.05, 0.1) is 35.1 Å². The van der Waals surface area contributed by atoms with Crippen molar-refractivity contribution in [2.45, 2.75) is 12.8 Å². The Morgan fingerprint density at radius 2 is 1.79 bits per heavy atom. The fraction of sp³-hybridized carbons (Fsp3) is 0.263. The summed E-state index contributed by atoms with van der Waals surface area (Å²) in [4.78, 5) is 65.6. The van der Waals surface area contributed by atoms with Crippen LogP contribution < -0.4 is 20.7 Å². The van der Waals surface area contributed by atoms with Crippen LogP contribution in [0, 0.1) is 6.92 Å². The number of hydrogen-bond acceptors (Lipinski definition) is 9. The lowest BCUT2D eigenvalue weighted by atomic mass is 9.95. The molecule has 5 N–H and O–H groups in total. The number of carbonyl (C=O) groups is 4. The van der Waals surface area contributed by atoms with E-state index in [2.05, 4.69) is 20.2 Å². The van der Waals surface area contributed by atoms with E-state index in [4.69, 9.17) is 31.2 Å². The summed E-state index contributed by atoms with van der Waals surface area (Å²) in [6.45, 7) is 4.31. The standard InChI is InChI=1S/C38H36ClN7O7/c1-19-30(37(49)51-3)32-31-22(17-39)18-46(26(31)16-28(34(32)41-19)53-38(50)45-11-9-44(2)10-12-45)36(48)29-15-21-13-23(7-8-27(21)52-29)42-35(47)25-14-20-5-4-6-24(40)33(20)43-25/h4-8,13-16,22,41,43H,9-12,17-18,40H2,1-3H3,(H,42,47)/t22-/m1/s1. The number of nitrogens with one attached hydrogen (secondary N) is 3. The van der Waals surface area contributed by atoms with Crippen molar-refractivity contribution in [3.05, 3.63) is 82.9 Å². The first-order chi connectivity index (χ1) is 25.5. The number of aryl methyl sites for hydroxylation is 1. The highest BCUT2D eigenvalue weighted by Crippen LogP contribution is 2.48. The minimum absolute atomic E-state index is 0.0465. The number of piperazine rings is 1. The van der Waals surface area contributed by atoms with Gasteiger partial charge in [0.1, 0.15) is 11.3 Å². The second-order valence-electron chi connectivity index (χ2n) is 13.4. The Labute approximate surface area is 307 Å². The number of nitrogen functional groups attached to an aromatic ring is 1. The molecule has 0 bridgehead atoms. The van der Waals surface area contributed by atoms with Crippen LogP contribution in [0.5, 0.6) is 5.75 Å². The third-order valence-electron chi connectivity index (χ3n) is 10.0. The van der Waals surface area contributed by atoms with E-state index in [1.165, 1.54) is 12.0 Å². The number of anilines is 3. The van der Waals surface area contributed by atoms with E-state index < -0.39 is 18.0 Å². The largest absolute Gasteiger partial charge is 0.465 e. The number of aromatic amines is 2. The molecule has 15 heteroatoms. The van der Waals surface area contributed by atoms with Crippen LogP contribution in [0.25, 0.3) is 32.8 Å². The van der Waals surface area contributed by atoms with Gasteiger partial charge in [0.25, 0.3) is 11.8 Å². The lowest BCUT2D eigenvalue weighted by Gasteiger charge is -2.31. The quantitative estimate of drug-likeness (QED) is 0.0899. The summed E-state index contributed by atoms with van der Waals surface area (Å²) < 4.78 is 17.2. The van der Waals surface area contributed by atoms with Crippen molar-refractivity contribution in [1.29, 1.82) is 0 Å². The maximum Gasteiger partial charge on any atom is 0.415 e. The highest BCUT2D eigenvalue weighted by Gasteiger charge is 2.39. The molecule has 3 aromatic carbocycles. The average molecular weight is 738 g/mol. The molecule has 0 radical (unpaired) electrons. The molecule has 6 aromatic rings. The fourth-order valence-electron chi connectivity index (χ4n) is 7.29. The van der Waals surface area contributed by atoms with Gasteiger partial charge in [-0.1, -0.05) is 12.1 Å². The number of furan rings is 1. The first kappa shape index (κ1) is 34.1. The number of benzene rings is 3. The summed E-state index contributed by atoms with van der Waals surface area (Å²) in [5, 5.41) is 4.78. The number of rotatable bonds is 6. The summed E-state index contributed by atoms with van der Waals surface area (Å²) in [6, 6.07) is 15.5. The lowest BCUT2D eigenvalue weighted by Crippen LogP contribution is -2.48. The molecule has 3 amide bonds. The van der Waals surface area contributed by atoms with Gasteiger partial charge in [-0.25, -0.2) is 9.59 Å². The predicted octanol–water partition coefficient (Wildman–Crippen LogP) is 6.05. The Balaban J connectivity index is 1.13. The highest BCUT2D eigenvalue weighted by atomic mass is 35.5. The molecule has 0 unspecified atom stereocenters. The number of methoxy groups -OCH3 is 1. The van der Waals surface area contributed by atoms with Crippen LogP contribution in [0.4, 0.5) is 21.9 Å². The summed E-state index contributed by atoms with van der Waals surface area (Å²) in [6.07, 6.45) is -0.537. The summed E-state index contributed by atoms with van der Waals surface area (Å²) in [5.41, 5.74) is 10.9. The molecule has 1 saturated heterocycles. The number of likely N-dealkylation sites (N-methyl/N-ethyl adjacent to an activating group) is 1. The lowest BCUT2D eigenvalue weighted by molar-refractivity contribution is 0.0601. The molecule has 1 fully saturated rings. The molecule has 1 atom stereocenters. The van der Waals surface area contributed by atoms with Crippen molar-refractivity contribution >= 4 is 85.3 Å². The number of para-hydroxylation sites is 1. The molecule has 0 aliphatic carbocycles. The van der Waals surface area contributed by atoms with E-state index in [1.807, 2.05) is 19.2 Å².